The maximum absolute atomic E-state index is 2.45. The Bertz CT molecular complexity index is 2210. The summed E-state index contributed by atoms with van der Waals surface area (Å²) in [4.78, 5) is 0. The number of hydrogen-bond donors (Lipinski definition) is 0. The first-order valence-corrected chi connectivity index (χ1v) is 15.2. The highest BCUT2D eigenvalue weighted by molar-refractivity contribution is 6.27. The molecule has 7 aromatic rings. The van der Waals surface area contributed by atoms with Gasteiger partial charge in [0, 0.05) is 0 Å². The minimum Gasteiger partial charge on any atom is -0.0616 e. The Morgan fingerprint density at radius 2 is 1.02 bits per heavy atom. The van der Waals surface area contributed by atoms with Gasteiger partial charge in [-0.05, 0) is 123 Å². The average molecular weight is 541 g/mol. The van der Waals surface area contributed by atoms with Gasteiger partial charge in [0.1, 0.15) is 0 Å². The molecule has 0 aromatic heterocycles. The maximum atomic E-state index is 2.45. The van der Waals surface area contributed by atoms with Gasteiger partial charge in [-0.15, -0.1) is 0 Å². The lowest BCUT2D eigenvalue weighted by atomic mass is 9.79. The second-order valence-corrected chi connectivity index (χ2v) is 14.3. The fourth-order valence-corrected chi connectivity index (χ4v) is 6.99. The van der Waals surface area contributed by atoms with Gasteiger partial charge in [-0.25, -0.2) is 0 Å². The van der Waals surface area contributed by atoms with E-state index in [-0.39, 0.29) is 10.8 Å². The molecule has 0 bridgehead atoms. The van der Waals surface area contributed by atoms with Crippen molar-refractivity contribution >= 4 is 43.1 Å². The molecule has 8 rings (SSSR count). The number of benzene rings is 7. The van der Waals surface area contributed by atoms with Crippen LogP contribution in [0.5, 0.6) is 0 Å². The third-order valence-corrected chi connectivity index (χ3v) is 9.44. The van der Waals surface area contributed by atoms with E-state index < -0.39 is 0 Å². The fraction of sp³-hybridized carbons (Fsp3) is 0.190. The minimum atomic E-state index is 0.0903. The first-order chi connectivity index (χ1) is 20.1. The van der Waals surface area contributed by atoms with Gasteiger partial charge in [-0.3, -0.25) is 0 Å². The maximum Gasteiger partial charge on any atom is -0.00199 e. The van der Waals surface area contributed by atoms with Crippen molar-refractivity contribution in [3.63, 3.8) is 0 Å². The summed E-state index contributed by atoms with van der Waals surface area (Å²) >= 11 is 0. The largest absolute Gasteiger partial charge is 0.0616 e. The Morgan fingerprint density at radius 3 is 1.79 bits per heavy atom. The van der Waals surface area contributed by atoms with E-state index in [0.717, 1.165) is 0 Å². The van der Waals surface area contributed by atoms with Crippen molar-refractivity contribution in [2.24, 2.45) is 0 Å². The molecule has 204 valence electrons. The van der Waals surface area contributed by atoms with Crippen molar-refractivity contribution in [3.05, 3.63) is 120 Å². The Hall–Kier alpha value is -4.42. The van der Waals surface area contributed by atoms with Gasteiger partial charge < -0.3 is 0 Å². The molecule has 0 heterocycles. The molecule has 0 atom stereocenters. The highest BCUT2D eigenvalue weighted by atomic mass is 14.3. The molecule has 1 aliphatic rings. The quantitative estimate of drug-likeness (QED) is 0.182. The first kappa shape index (κ1) is 25.3. The number of fused-ring (bicyclic) bond motifs is 8. The van der Waals surface area contributed by atoms with Gasteiger partial charge in [0.05, 0.1) is 0 Å². The van der Waals surface area contributed by atoms with E-state index >= 15 is 0 Å². The molecule has 0 aliphatic heterocycles. The summed E-state index contributed by atoms with van der Waals surface area (Å²) < 4.78 is 0. The predicted molar refractivity (Wildman–Crippen MR) is 184 cm³/mol. The lowest BCUT2D eigenvalue weighted by molar-refractivity contribution is 0.569. The topological polar surface area (TPSA) is 0 Å². The smallest absolute Gasteiger partial charge is 0.00199 e. The predicted octanol–water partition coefficient (Wildman–Crippen LogP) is 12.2. The van der Waals surface area contributed by atoms with Crippen LogP contribution >= 0.6 is 0 Å². The summed E-state index contributed by atoms with van der Waals surface area (Å²) in [5, 5.41) is 10.6. The fourth-order valence-electron chi connectivity index (χ4n) is 6.99. The van der Waals surface area contributed by atoms with E-state index in [1.807, 2.05) is 0 Å². The summed E-state index contributed by atoms with van der Waals surface area (Å²) in [5.74, 6) is 0. The summed E-state index contributed by atoms with van der Waals surface area (Å²) in [6.07, 6.45) is 0. The van der Waals surface area contributed by atoms with E-state index in [2.05, 4.69) is 151 Å². The van der Waals surface area contributed by atoms with Crippen LogP contribution in [0.1, 0.15) is 52.7 Å². The SMILES string of the molecule is CC(C)(C)c1cc(-c2ccc3cc4c(cc3c2)-c2cccc3c2c-4cc2c4ccccc4ccc32)cc(C(C)(C)C)c1. The zero-order chi connectivity index (χ0) is 29.0. The van der Waals surface area contributed by atoms with E-state index in [1.54, 1.807) is 0 Å². The van der Waals surface area contributed by atoms with Crippen molar-refractivity contribution < 1.29 is 0 Å². The molecular weight excluding hydrogens is 504 g/mol. The molecule has 0 N–H and O–H groups in total. The summed E-state index contributed by atoms with van der Waals surface area (Å²) in [6, 6.07) is 41.7. The van der Waals surface area contributed by atoms with Gasteiger partial charge in [0.2, 0.25) is 0 Å². The highest BCUT2D eigenvalue weighted by Gasteiger charge is 2.25. The second-order valence-electron chi connectivity index (χ2n) is 14.3. The summed E-state index contributed by atoms with van der Waals surface area (Å²) in [7, 11) is 0. The molecule has 0 saturated carbocycles. The molecule has 42 heavy (non-hydrogen) atoms. The van der Waals surface area contributed by atoms with Gasteiger partial charge >= 0.3 is 0 Å². The molecule has 0 heteroatoms. The molecule has 0 nitrogen and oxygen atoms in total. The molecular formula is C42H36. The number of hydrogen-bond acceptors (Lipinski definition) is 0. The van der Waals surface area contributed by atoms with Crippen molar-refractivity contribution in [2.75, 3.05) is 0 Å². The van der Waals surface area contributed by atoms with Crippen LogP contribution < -0.4 is 0 Å². The molecule has 7 aromatic carbocycles. The van der Waals surface area contributed by atoms with Crippen LogP contribution in [0.4, 0.5) is 0 Å². The van der Waals surface area contributed by atoms with E-state index in [9.17, 15) is 0 Å². The van der Waals surface area contributed by atoms with Crippen molar-refractivity contribution in [3.8, 4) is 33.4 Å². The van der Waals surface area contributed by atoms with Crippen LogP contribution in [0.15, 0.2) is 109 Å². The molecule has 0 unspecified atom stereocenters. The molecule has 0 spiro atoms. The third-order valence-electron chi connectivity index (χ3n) is 9.44. The first-order valence-electron chi connectivity index (χ1n) is 15.2. The van der Waals surface area contributed by atoms with Crippen LogP contribution in [0.25, 0.3) is 76.5 Å². The molecule has 0 radical (unpaired) electrons. The van der Waals surface area contributed by atoms with Crippen molar-refractivity contribution in [2.45, 2.75) is 52.4 Å². The van der Waals surface area contributed by atoms with E-state index in [4.69, 9.17) is 0 Å². The second kappa shape index (κ2) is 8.55. The van der Waals surface area contributed by atoms with Crippen LogP contribution in [0.3, 0.4) is 0 Å². The highest BCUT2D eigenvalue weighted by Crippen LogP contribution is 2.51. The summed E-state index contributed by atoms with van der Waals surface area (Å²) in [5.41, 5.74) is 11.0. The third kappa shape index (κ3) is 3.75. The molecule has 0 amide bonds. The normalized spacial score (nSPS) is 13.0. The Kier molecular flexibility index (Phi) is 5.15. The van der Waals surface area contributed by atoms with Crippen molar-refractivity contribution in [1.29, 1.82) is 0 Å². The van der Waals surface area contributed by atoms with Crippen LogP contribution in [0.2, 0.25) is 0 Å². The van der Waals surface area contributed by atoms with E-state index in [0.29, 0.717) is 0 Å². The van der Waals surface area contributed by atoms with Crippen molar-refractivity contribution in [1.82, 2.24) is 0 Å². The van der Waals surface area contributed by atoms with Crippen LogP contribution in [0, 0.1) is 0 Å². The van der Waals surface area contributed by atoms with Gasteiger partial charge in [0.25, 0.3) is 0 Å². The standard InChI is InChI=1S/C42H36/c1-41(2,3)30-19-29(20-31(23-30)42(4,5)6)26-14-15-27-21-37-36(22-28(27)18-26)35-13-9-12-34-33-17-16-25-10-7-8-11-32(25)38(33)24-39(37)40(34)35/h7-24H,1-6H3. The molecule has 0 saturated heterocycles. The zero-order valence-corrected chi connectivity index (χ0v) is 25.4. The van der Waals surface area contributed by atoms with Crippen LogP contribution in [-0.4, -0.2) is 0 Å². The Morgan fingerprint density at radius 1 is 0.357 bits per heavy atom. The lowest BCUT2D eigenvalue weighted by Crippen LogP contribution is -2.16. The van der Waals surface area contributed by atoms with Gasteiger partial charge in [-0.2, -0.15) is 0 Å². The zero-order valence-electron chi connectivity index (χ0n) is 25.4. The van der Waals surface area contributed by atoms with Gasteiger partial charge in [0.15, 0.2) is 0 Å². The van der Waals surface area contributed by atoms with E-state index in [1.165, 1.54) is 87.6 Å². The summed E-state index contributed by atoms with van der Waals surface area (Å²) in [6.45, 7) is 13.9. The number of rotatable bonds is 1. The molecule has 0 fully saturated rings. The Balaban J connectivity index is 1.35. The Labute approximate surface area is 248 Å². The minimum absolute atomic E-state index is 0.0903. The van der Waals surface area contributed by atoms with Gasteiger partial charge in [-0.1, -0.05) is 126 Å². The van der Waals surface area contributed by atoms with Crippen LogP contribution in [-0.2, 0) is 10.8 Å². The lowest BCUT2D eigenvalue weighted by Gasteiger charge is -2.26. The molecule has 1 aliphatic carbocycles. The average Bonchev–Trinajstić information content (AvgIpc) is 3.28. The monoisotopic (exact) mass is 540 g/mol.